The van der Waals surface area contributed by atoms with Crippen molar-refractivity contribution in [1.29, 1.82) is 0 Å². The summed E-state index contributed by atoms with van der Waals surface area (Å²) in [4.78, 5) is 7.73. The fourth-order valence-electron chi connectivity index (χ4n) is 1.38. The number of halogens is 2. The number of nitrogens with zero attached hydrogens (tertiary/aromatic N) is 2. The number of nitrogens with two attached hydrogens (primary N) is 1. The van der Waals surface area contributed by atoms with Gasteiger partial charge in [0.15, 0.2) is 0 Å². The van der Waals surface area contributed by atoms with Gasteiger partial charge < -0.3 is 5.73 Å². The number of anilines is 1. The minimum absolute atomic E-state index is 0.0444. The van der Waals surface area contributed by atoms with Crippen LogP contribution in [-0.2, 0) is 0 Å². The average Bonchev–Trinajstić information content (AvgIpc) is 2.26. The van der Waals surface area contributed by atoms with Gasteiger partial charge in [-0.3, -0.25) is 0 Å². The zero-order chi connectivity index (χ0) is 11.7. The van der Waals surface area contributed by atoms with Crippen molar-refractivity contribution in [1.82, 2.24) is 9.97 Å². The molecule has 0 unspecified atom stereocenters. The van der Waals surface area contributed by atoms with Crippen molar-refractivity contribution in [2.75, 3.05) is 5.73 Å². The van der Waals surface area contributed by atoms with Crippen molar-refractivity contribution in [2.45, 2.75) is 6.92 Å². The van der Waals surface area contributed by atoms with Gasteiger partial charge in [0.05, 0.1) is 17.1 Å². The molecule has 0 saturated heterocycles. The first-order valence-corrected chi connectivity index (χ1v) is 4.62. The molecule has 0 atom stereocenters. The fourth-order valence-corrected chi connectivity index (χ4v) is 1.38. The molecule has 0 radical (unpaired) electrons. The topological polar surface area (TPSA) is 51.8 Å². The summed E-state index contributed by atoms with van der Waals surface area (Å²) in [5, 5.41) is 0. The van der Waals surface area contributed by atoms with Crippen molar-refractivity contribution in [3.63, 3.8) is 0 Å². The molecule has 0 fully saturated rings. The Bertz CT molecular complexity index is 541. The van der Waals surface area contributed by atoms with E-state index in [2.05, 4.69) is 9.97 Å². The third-order valence-electron chi connectivity index (χ3n) is 2.27. The van der Waals surface area contributed by atoms with Gasteiger partial charge in [-0.2, -0.15) is 0 Å². The molecule has 82 valence electrons. The lowest BCUT2D eigenvalue weighted by Crippen LogP contribution is -2.00. The Hall–Kier alpha value is -2.04. The van der Waals surface area contributed by atoms with Crippen LogP contribution in [0.1, 0.15) is 5.69 Å². The van der Waals surface area contributed by atoms with Crippen molar-refractivity contribution in [3.05, 3.63) is 41.9 Å². The lowest BCUT2D eigenvalue weighted by Gasteiger charge is -2.07. The summed E-state index contributed by atoms with van der Waals surface area (Å²) >= 11 is 0. The number of benzene rings is 1. The second-order valence-corrected chi connectivity index (χ2v) is 3.35. The van der Waals surface area contributed by atoms with Crippen molar-refractivity contribution in [2.24, 2.45) is 0 Å². The van der Waals surface area contributed by atoms with Gasteiger partial charge in [-0.15, -0.1) is 0 Å². The van der Waals surface area contributed by atoms with E-state index in [0.717, 1.165) is 18.2 Å². The average molecular weight is 221 g/mol. The summed E-state index contributed by atoms with van der Waals surface area (Å²) in [6.07, 6.45) is 1.27. The van der Waals surface area contributed by atoms with Gasteiger partial charge in [0, 0.05) is 5.56 Å². The molecule has 1 aromatic carbocycles. The Kier molecular flexibility index (Phi) is 2.52. The quantitative estimate of drug-likeness (QED) is 0.803. The summed E-state index contributed by atoms with van der Waals surface area (Å²) in [5.74, 6) is -1.10. The molecule has 0 bridgehead atoms. The third kappa shape index (κ3) is 1.71. The Morgan fingerprint density at radius 1 is 1.19 bits per heavy atom. The molecule has 0 aliphatic carbocycles. The number of hydrogen-bond donors (Lipinski definition) is 1. The van der Waals surface area contributed by atoms with Crippen molar-refractivity contribution in [3.8, 4) is 11.3 Å². The van der Waals surface area contributed by atoms with E-state index in [1.807, 2.05) is 0 Å². The smallest absolute Gasteiger partial charge is 0.132 e. The minimum Gasteiger partial charge on any atom is -0.395 e. The van der Waals surface area contributed by atoms with E-state index < -0.39 is 11.6 Å². The number of rotatable bonds is 1. The normalized spacial score (nSPS) is 10.4. The van der Waals surface area contributed by atoms with Crippen molar-refractivity contribution < 1.29 is 8.78 Å². The summed E-state index contributed by atoms with van der Waals surface area (Å²) in [6.45, 7) is 1.68. The lowest BCUT2D eigenvalue weighted by atomic mass is 10.1. The molecule has 16 heavy (non-hydrogen) atoms. The molecule has 0 aliphatic rings. The standard InChI is InChI=1S/C11H9F2N3/c1-6-10(14)11(16-5-15-6)8-4-7(12)2-3-9(8)13/h2-5H,14H2,1H3. The van der Waals surface area contributed by atoms with Crippen LogP contribution in [0.25, 0.3) is 11.3 Å². The first-order chi connectivity index (χ1) is 7.59. The van der Waals surface area contributed by atoms with Crippen LogP contribution in [0.3, 0.4) is 0 Å². The monoisotopic (exact) mass is 221 g/mol. The molecule has 5 heteroatoms. The largest absolute Gasteiger partial charge is 0.395 e. The molecule has 0 amide bonds. The van der Waals surface area contributed by atoms with E-state index in [0.29, 0.717) is 5.69 Å². The van der Waals surface area contributed by atoms with Crippen LogP contribution in [-0.4, -0.2) is 9.97 Å². The molecule has 0 aliphatic heterocycles. The van der Waals surface area contributed by atoms with Crippen LogP contribution in [0.2, 0.25) is 0 Å². The summed E-state index contributed by atoms with van der Waals surface area (Å²) < 4.78 is 26.5. The SMILES string of the molecule is Cc1ncnc(-c2cc(F)ccc2F)c1N. The molecular formula is C11H9F2N3. The maximum atomic E-state index is 13.5. The minimum atomic E-state index is -0.564. The first kappa shape index (κ1) is 10.5. The van der Waals surface area contributed by atoms with Crippen molar-refractivity contribution >= 4 is 5.69 Å². The maximum absolute atomic E-state index is 13.5. The second kappa shape index (κ2) is 3.84. The van der Waals surface area contributed by atoms with Gasteiger partial charge in [-0.05, 0) is 25.1 Å². The Labute approximate surface area is 91.0 Å². The van der Waals surface area contributed by atoms with Crippen LogP contribution in [0.4, 0.5) is 14.5 Å². The molecule has 2 N–H and O–H groups in total. The summed E-state index contributed by atoms with van der Waals surface area (Å²) in [7, 11) is 0. The molecule has 0 saturated carbocycles. The van der Waals surface area contributed by atoms with E-state index in [9.17, 15) is 8.78 Å². The summed E-state index contributed by atoms with van der Waals surface area (Å²) in [6, 6.07) is 3.15. The molecule has 3 nitrogen and oxygen atoms in total. The Balaban J connectivity index is 2.67. The van der Waals surface area contributed by atoms with Gasteiger partial charge in [0.25, 0.3) is 0 Å². The second-order valence-electron chi connectivity index (χ2n) is 3.35. The highest BCUT2D eigenvalue weighted by Gasteiger charge is 2.12. The highest BCUT2D eigenvalue weighted by atomic mass is 19.1. The molecule has 2 rings (SSSR count). The molecule has 1 heterocycles. The maximum Gasteiger partial charge on any atom is 0.132 e. The van der Waals surface area contributed by atoms with Crippen LogP contribution in [0, 0.1) is 18.6 Å². The predicted molar refractivity (Wildman–Crippen MR) is 56.5 cm³/mol. The van der Waals surface area contributed by atoms with Gasteiger partial charge in [0.1, 0.15) is 18.0 Å². The van der Waals surface area contributed by atoms with E-state index in [4.69, 9.17) is 5.73 Å². The van der Waals surface area contributed by atoms with Gasteiger partial charge in [-0.1, -0.05) is 0 Å². The zero-order valence-electron chi connectivity index (χ0n) is 8.54. The molecule has 1 aromatic heterocycles. The highest BCUT2D eigenvalue weighted by Crippen LogP contribution is 2.27. The number of aromatic nitrogens is 2. The zero-order valence-corrected chi connectivity index (χ0v) is 8.54. The summed E-state index contributed by atoms with van der Waals surface area (Å²) in [5.41, 5.74) is 6.77. The van der Waals surface area contributed by atoms with E-state index >= 15 is 0 Å². The van der Waals surface area contributed by atoms with Crippen LogP contribution in [0.15, 0.2) is 24.5 Å². The van der Waals surface area contributed by atoms with Gasteiger partial charge >= 0.3 is 0 Å². The van der Waals surface area contributed by atoms with Crippen LogP contribution >= 0.6 is 0 Å². The van der Waals surface area contributed by atoms with E-state index in [-0.39, 0.29) is 16.9 Å². The predicted octanol–water partition coefficient (Wildman–Crippen LogP) is 2.31. The Morgan fingerprint density at radius 3 is 2.69 bits per heavy atom. The molecule has 2 aromatic rings. The highest BCUT2D eigenvalue weighted by molar-refractivity contribution is 5.73. The van der Waals surface area contributed by atoms with E-state index in [1.165, 1.54) is 6.33 Å². The molecular weight excluding hydrogens is 212 g/mol. The molecule has 0 spiro atoms. The van der Waals surface area contributed by atoms with E-state index in [1.54, 1.807) is 6.92 Å². The fraction of sp³-hybridized carbons (Fsp3) is 0.0909. The number of hydrogen-bond acceptors (Lipinski definition) is 3. The number of aryl methyl sites for hydroxylation is 1. The third-order valence-corrected chi connectivity index (χ3v) is 2.27. The van der Waals surface area contributed by atoms with Gasteiger partial charge in [0.2, 0.25) is 0 Å². The first-order valence-electron chi connectivity index (χ1n) is 4.62. The van der Waals surface area contributed by atoms with Crippen LogP contribution in [0.5, 0.6) is 0 Å². The Morgan fingerprint density at radius 2 is 1.94 bits per heavy atom. The van der Waals surface area contributed by atoms with Crippen LogP contribution < -0.4 is 5.73 Å². The lowest BCUT2D eigenvalue weighted by molar-refractivity contribution is 0.602. The van der Waals surface area contributed by atoms with Gasteiger partial charge in [-0.25, -0.2) is 18.7 Å². The number of nitrogen functional groups attached to an aromatic ring is 1.